The highest BCUT2D eigenvalue weighted by Gasteiger charge is 2.08. The van der Waals surface area contributed by atoms with E-state index in [1.165, 1.54) is 7.05 Å². The average Bonchev–Trinajstić information content (AvgIpc) is 2.45. The Bertz CT molecular complexity index is 609. The molecule has 0 atom stereocenters. The molecule has 2 N–H and O–H groups in total. The van der Waals surface area contributed by atoms with Gasteiger partial charge in [-0.25, -0.2) is 17.2 Å². The third kappa shape index (κ3) is 7.34. The SMILES string of the molecule is CCS(=O)(=O)CCNC(=NC)NCc1cc(F)ccc1F.I. The van der Waals surface area contributed by atoms with Crippen LogP contribution in [0.25, 0.3) is 0 Å². The van der Waals surface area contributed by atoms with Crippen molar-refractivity contribution in [2.24, 2.45) is 4.99 Å². The molecule has 0 spiro atoms. The van der Waals surface area contributed by atoms with E-state index in [4.69, 9.17) is 0 Å². The van der Waals surface area contributed by atoms with Gasteiger partial charge in [-0.1, -0.05) is 6.92 Å². The Hall–Kier alpha value is -0.970. The molecule has 0 saturated heterocycles. The minimum Gasteiger partial charge on any atom is -0.355 e. The highest BCUT2D eigenvalue weighted by molar-refractivity contribution is 14.0. The van der Waals surface area contributed by atoms with Gasteiger partial charge in [-0.3, -0.25) is 4.99 Å². The van der Waals surface area contributed by atoms with Crippen LogP contribution in [0.3, 0.4) is 0 Å². The molecule has 0 unspecified atom stereocenters. The molecular formula is C13H20F2IN3O2S. The van der Waals surface area contributed by atoms with Crippen LogP contribution in [0, 0.1) is 11.6 Å². The largest absolute Gasteiger partial charge is 0.355 e. The van der Waals surface area contributed by atoms with Crippen LogP contribution < -0.4 is 10.6 Å². The van der Waals surface area contributed by atoms with Gasteiger partial charge in [-0.15, -0.1) is 24.0 Å². The summed E-state index contributed by atoms with van der Waals surface area (Å²) in [6, 6.07) is 3.19. The van der Waals surface area contributed by atoms with E-state index >= 15 is 0 Å². The highest BCUT2D eigenvalue weighted by atomic mass is 127. The predicted molar refractivity (Wildman–Crippen MR) is 94.3 cm³/mol. The summed E-state index contributed by atoms with van der Waals surface area (Å²) in [5.41, 5.74) is 0.166. The molecule has 0 aliphatic rings. The average molecular weight is 447 g/mol. The number of hydrogen-bond donors (Lipinski definition) is 2. The Balaban J connectivity index is 0.00000441. The standard InChI is InChI=1S/C13H19F2N3O2S.HI/c1-3-21(19,20)7-6-17-13(16-2)18-9-10-8-11(14)4-5-12(10)15;/h4-5,8H,3,6-7,9H2,1-2H3,(H2,16,17,18);1H. The predicted octanol–water partition coefficient (Wildman–Crippen LogP) is 1.68. The lowest BCUT2D eigenvalue weighted by Gasteiger charge is -2.12. The third-order valence-electron chi connectivity index (χ3n) is 2.82. The lowest BCUT2D eigenvalue weighted by Crippen LogP contribution is -2.39. The van der Waals surface area contributed by atoms with Gasteiger partial charge in [-0.05, 0) is 18.2 Å². The molecular weight excluding hydrogens is 427 g/mol. The lowest BCUT2D eigenvalue weighted by atomic mass is 10.2. The summed E-state index contributed by atoms with van der Waals surface area (Å²) in [7, 11) is -1.55. The number of hydrogen-bond acceptors (Lipinski definition) is 3. The molecule has 0 aromatic heterocycles. The number of nitrogens with one attached hydrogen (secondary N) is 2. The van der Waals surface area contributed by atoms with Crippen molar-refractivity contribution in [1.82, 2.24) is 10.6 Å². The van der Waals surface area contributed by atoms with E-state index in [0.29, 0.717) is 5.96 Å². The molecule has 0 bridgehead atoms. The Morgan fingerprint density at radius 2 is 1.95 bits per heavy atom. The van der Waals surface area contributed by atoms with Gasteiger partial charge in [0.1, 0.15) is 11.6 Å². The molecule has 126 valence electrons. The van der Waals surface area contributed by atoms with Gasteiger partial charge < -0.3 is 10.6 Å². The van der Waals surface area contributed by atoms with Crippen LogP contribution in [-0.2, 0) is 16.4 Å². The first-order chi connectivity index (χ1) is 9.88. The molecule has 0 fully saturated rings. The van der Waals surface area contributed by atoms with Crippen molar-refractivity contribution < 1.29 is 17.2 Å². The van der Waals surface area contributed by atoms with E-state index in [1.807, 2.05) is 0 Å². The van der Waals surface area contributed by atoms with Crippen molar-refractivity contribution in [1.29, 1.82) is 0 Å². The fraction of sp³-hybridized carbons (Fsp3) is 0.462. The van der Waals surface area contributed by atoms with Crippen molar-refractivity contribution in [2.45, 2.75) is 13.5 Å². The van der Waals surface area contributed by atoms with Gasteiger partial charge in [0, 0.05) is 31.5 Å². The van der Waals surface area contributed by atoms with Crippen LogP contribution in [0.1, 0.15) is 12.5 Å². The van der Waals surface area contributed by atoms with Crippen molar-refractivity contribution in [3.05, 3.63) is 35.4 Å². The minimum atomic E-state index is -3.06. The van der Waals surface area contributed by atoms with Crippen LogP contribution >= 0.6 is 24.0 Å². The second kappa shape index (κ2) is 9.93. The second-order valence-electron chi connectivity index (χ2n) is 4.32. The maximum Gasteiger partial charge on any atom is 0.191 e. The zero-order chi connectivity index (χ0) is 15.9. The van der Waals surface area contributed by atoms with Crippen molar-refractivity contribution in [3.63, 3.8) is 0 Å². The normalized spacial score (nSPS) is 11.7. The Kier molecular flexibility index (Phi) is 9.49. The third-order valence-corrected chi connectivity index (χ3v) is 4.53. The zero-order valence-electron chi connectivity index (χ0n) is 12.4. The van der Waals surface area contributed by atoms with Crippen LogP contribution in [0.5, 0.6) is 0 Å². The Labute approximate surface area is 146 Å². The first-order valence-corrected chi connectivity index (χ1v) is 8.29. The van der Waals surface area contributed by atoms with Crippen molar-refractivity contribution in [2.75, 3.05) is 25.1 Å². The first-order valence-electron chi connectivity index (χ1n) is 6.47. The molecule has 0 saturated carbocycles. The quantitative estimate of drug-likeness (QED) is 0.396. The van der Waals surface area contributed by atoms with Crippen LogP contribution in [0.15, 0.2) is 23.2 Å². The number of guanidine groups is 1. The number of rotatable bonds is 6. The summed E-state index contributed by atoms with van der Waals surface area (Å²) in [5.74, 6) is -0.656. The van der Waals surface area contributed by atoms with E-state index in [-0.39, 0.29) is 54.1 Å². The number of aliphatic imine (C=N–C) groups is 1. The number of nitrogens with zero attached hydrogens (tertiary/aromatic N) is 1. The van der Waals surface area contributed by atoms with E-state index < -0.39 is 21.5 Å². The summed E-state index contributed by atoms with van der Waals surface area (Å²) < 4.78 is 49.1. The highest BCUT2D eigenvalue weighted by Crippen LogP contribution is 2.08. The van der Waals surface area contributed by atoms with Gasteiger partial charge in [0.25, 0.3) is 0 Å². The van der Waals surface area contributed by atoms with E-state index in [2.05, 4.69) is 15.6 Å². The van der Waals surface area contributed by atoms with Crippen molar-refractivity contribution in [3.8, 4) is 0 Å². The van der Waals surface area contributed by atoms with Gasteiger partial charge in [0.05, 0.1) is 5.75 Å². The number of halogens is 3. The van der Waals surface area contributed by atoms with Gasteiger partial charge in [-0.2, -0.15) is 0 Å². The van der Waals surface area contributed by atoms with Crippen LogP contribution in [0.2, 0.25) is 0 Å². The summed E-state index contributed by atoms with van der Waals surface area (Å²) >= 11 is 0. The molecule has 9 heteroatoms. The monoisotopic (exact) mass is 447 g/mol. The fourth-order valence-corrected chi connectivity index (χ4v) is 2.25. The van der Waals surface area contributed by atoms with Crippen LogP contribution in [0.4, 0.5) is 8.78 Å². The zero-order valence-corrected chi connectivity index (χ0v) is 15.5. The summed E-state index contributed by atoms with van der Waals surface area (Å²) in [6.45, 7) is 1.82. The van der Waals surface area contributed by atoms with E-state index in [1.54, 1.807) is 6.92 Å². The van der Waals surface area contributed by atoms with Gasteiger partial charge in [0.2, 0.25) is 0 Å². The molecule has 0 aliphatic carbocycles. The summed E-state index contributed by atoms with van der Waals surface area (Å²) in [4.78, 5) is 3.88. The summed E-state index contributed by atoms with van der Waals surface area (Å²) in [6.07, 6.45) is 0. The topological polar surface area (TPSA) is 70.6 Å². The smallest absolute Gasteiger partial charge is 0.191 e. The maximum absolute atomic E-state index is 13.4. The van der Waals surface area contributed by atoms with Gasteiger partial charge >= 0.3 is 0 Å². The molecule has 1 aromatic carbocycles. The van der Waals surface area contributed by atoms with Crippen LogP contribution in [-0.4, -0.2) is 39.5 Å². The Morgan fingerprint density at radius 1 is 1.27 bits per heavy atom. The molecule has 5 nitrogen and oxygen atoms in total. The lowest BCUT2D eigenvalue weighted by molar-refractivity contribution is 0.581. The second-order valence-corrected chi connectivity index (χ2v) is 6.80. The van der Waals surface area contributed by atoms with E-state index in [0.717, 1.165) is 18.2 Å². The minimum absolute atomic E-state index is 0. The molecule has 22 heavy (non-hydrogen) atoms. The molecule has 1 rings (SSSR count). The molecule has 0 aliphatic heterocycles. The Morgan fingerprint density at radius 3 is 2.55 bits per heavy atom. The van der Waals surface area contributed by atoms with Gasteiger partial charge in [0.15, 0.2) is 15.8 Å². The number of benzene rings is 1. The molecule has 0 radical (unpaired) electrons. The molecule has 0 heterocycles. The van der Waals surface area contributed by atoms with E-state index in [9.17, 15) is 17.2 Å². The fourth-order valence-electron chi connectivity index (χ4n) is 1.55. The summed E-state index contributed by atoms with van der Waals surface area (Å²) in [5, 5.41) is 5.60. The maximum atomic E-state index is 13.4. The molecule has 0 amide bonds. The van der Waals surface area contributed by atoms with Crippen molar-refractivity contribution >= 4 is 39.8 Å². The first kappa shape index (κ1) is 21.0. The number of sulfone groups is 1. The molecule has 1 aromatic rings.